The third-order valence-electron chi connectivity index (χ3n) is 2.51. The Balaban J connectivity index is 2.05. The lowest BCUT2D eigenvalue weighted by atomic mass is 9.98. The Morgan fingerprint density at radius 1 is 1.50 bits per heavy atom. The van der Waals surface area contributed by atoms with Crippen molar-refractivity contribution in [1.82, 2.24) is 10.6 Å². The molecule has 1 heterocycles. The first-order valence-corrected chi connectivity index (χ1v) is 6.08. The molecular weight excluding hydrogens is 168 g/mol. The number of rotatable bonds is 4. The minimum Gasteiger partial charge on any atom is -0.317 e. The van der Waals surface area contributed by atoms with Crippen LogP contribution in [-0.2, 0) is 0 Å². The highest BCUT2D eigenvalue weighted by Crippen LogP contribution is 2.11. The molecule has 2 nitrogen and oxygen atoms in total. The highest BCUT2D eigenvalue weighted by Gasteiger charge is 2.12. The standard InChI is InChI=1S/C9H20N2S/c1-8(12-2)11-7-9-3-5-10-6-4-9/h8-11H,3-7H2,1-2H3. The van der Waals surface area contributed by atoms with Crippen LogP contribution in [-0.4, -0.2) is 31.3 Å². The van der Waals surface area contributed by atoms with E-state index in [0.717, 1.165) is 5.92 Å². The van der Waals surface area contributed by atoms with Gasteiger partial charge in [-0.3, -0.25) is 0 Å². The van der Waals surface area contributed by atoms with Crippen LogP contribution < -0.4 is 10.6 Å². The second kappa shape index (κ2) is 5.84. The van der Waals surface area contributed by atoms with E-state index in [9.17, 15) is 0 Å². The molecule has 0 bridgehead atoms. The molecule has 1 aliphatic rings. The van der Waals surface area contributed by atoms with Crippen LogP contribution in [0, 0.1) is 5.92 Å². The fourth-order valence-corrected chi connectivity index (χ4v) is 1.76. The first-order chi connectivity index (χ1) is 5.83. The SMILES string of the molecule is CSC(C)NCC1CCNCC1. The largest absolute Gasteiger partial charge is 0.317 e. The van der Waals surface area contributed by atoms with Gasteiger partial charge in [-0.2, -0.15) is 0 Å². The Kier molecular flexibility index (Phi) is 5.04. The van der Waals surface area contributed by atoms with Gasteiger partial charge >= 0.3 is 0 Å². The van der Waals surface area contributed by atoms with Crippen molar-refractivity contribution in [3.8, 4) is 0 Å². The number of piperidine rings is 1. The van der Waals surface area contributed by atoms with Gasteiger partial charge in [-0.05, 0) is 51.6 Å². The molecule has 1 aliphatic heterocycles. The van der Waals surface area contributed by atoms with Crippen molar-refractivity contribution < 1.29 is 0 Å². The lowest BCUT2D eigenvalue weighted by molar-refractivity contribution is 0.356. The Morgan fingerprint density at radius 2 is 2.17 bits per heavy atom. The number of hydrogen-bond donors (Lipinski definition) is 2. The number of nitrogens with one attached hydrogen (secondary N) is 2. The van der Waals surface area contributed by atoms with Crippen LogP contribution in [0.25, 0.3) is 0 Å². The average molecular weight is 188 g/mol. The van der Waals surface area contributed by atoms with Gasteiger partial charge in [0, 0.05) is 0 Å². The second-order valence-corrected chi connectivity index (χ2v) is 4.66. The number of thioether (sulfide) groups is 1. The predicted molar refractivity (Wildman–Crippen MR) is 56.6 cm³/mol. The molecule has 1 fully saturated rings. The fourth-order valence-electron chi connectivity index (χ4n) is 1.50. The molecule has 0 spiro atoms. The predicted octanol–water partition coefficient (Wildman–Crippen LogP) is 1.28. The molecular formula is C9H20N2S. The van der Waals surface area contributed by atoms with Crippen molar-refractivity contribution in [3.63, 3.8) is 0 Å². The first-order valence-electron chi connectivity index (χ1n) is 4.80. The van der Waals surface area contributed by atoms with Crippen LogP contribution >= 0.6 is 11.8 Å². The normalized spacial score (nSPS) is 22.5. The smallest absolute Gasteiger partial charge is 0.0500 e. The molecule has 0 aromatic carbocycles. The van der Waals surface area contributed by atoms with E-state index in [4.69, 9.17) is 0 Å². The van der Waals surface area contributed by atoms with Gasteiger partial charge in [0.15, 0.2) is 0 Å². The third-order valence-corrected chi connectivity index (χ3v) is 3.38. The number of hydrogen-bond acceptors (Lipinski definition) is 3. The lowest BCUT2D eigenvalue weighted by Crippen LogP contribution is -2.35. The van der Waals surface area contributed by atoms with E-state index in [0.29, 0.717) is 5.37 Å². The van der Waals surface area contributed by atoms with Crippen molar-refractivity contribution in [2.45, 2.75) is 25.1 Å². The molecule has 0 aromatic rings. The molecule has 12 heavy (non-hydrogen) atoms. The van der Waals surface area contributed by atoms with Gasteiger partial charge in [0.05, 0.1) is 5.37 Å². The third kappa shape index (κ3) is 3.78. The molecule has 0 amide bonds. The van der Waals surface area contributed by atoms with E-state index in [2.05, 4.69) is 23.8 Å². The summed E-state index contributed by atoms with van der Waals surface area (Å²) in [5, 5.41) is 7.53. The minimum absolute atomic E-state index is 0.611. The summed E-state index contributed by atoms with van der Waals surface area (Å²) in [4.78, 5) is 0. The molecule has 72 valence electrons. The van der Waals surface area contributed by atoms with Crippen LogP contribution in [0.15, 0.2) is 0 Å². The summed E-state index contributed by atoms with van der Waals surface area (Å²) in [5.41, 5.74) is 0. The van der Waals surface area contributed by atoms with E-state index in [1.54, 1.807) is 0 Å². The molecule has 0 aromatic heterocycles. The zero-order chi connectivity index (χ0) is 8.81. The van der Waals surface area contributed by atoms with Crippen molar-refractivity contribution in [2.24, 2.45) is 5.92 Å². The molecule has 0 radical (unpaired) electrons. The first kappa shape index (κ1) is 10.4. The van der Waals surface area contributed by atoms with E-state index in [1.165, 1.54) is 32.5 Å². The van der Waals surface area contributed by atoms with Crippen LogP contribution in [0.1, 0.15) is 19.8 Å². The van der Waals surface area contributed by atoms with E-state index < -0.39 is 0 Å². The minimum atomic E-state index is 0.611. The van der Waals surface area contributed by atoms with Crippen molar-refractivity contribution in [3.05, 3.63) is 0 Å². The molecule has 1 unspecified atom stereocenters. The summed E-state index contributed by atoms with van der Waals surface area (Å²) in [6, 6.07) is 0. The Hall–Kier alpha value is 0.270. The Labute approximate surface area is 79.9 Å². The maximum Gasteiger partial charge on any atom is 0.0500 e. The molecule has 2 N–H and O–H groups in total. The van der Waals surface area contributed by atoms with Gasteiger partial charge < -0.3 is 10.6 Å². The quantitative estimate of drug-likeness (QED) is 0.650. The van der Waals surface area contributed by atoms with Crippen molar-refractivity contribution in [2.75, 3.05) is 25.9 Å². The molecule has 1 atom stereocenters. The topological polar surface area (TPSA) is 24.1 Å². The van der Waals surface area contributed by atoms with Crippen LogP contribution in [0.2, 0.25) is 0 Å². The van der Waals surface area contributed by atoms with Crippen LogP contribution in [0.5, 0.6) is 0 Å². The molecule has 3 heteroatoms. The van der Waals surface area contributed by atoms with Crippen LogP contribution in [0.4, 0.5) is 0 Å². The summed E-state index contributed by atoms with van der Waals surface area (Å²) in [7, 11) is 0. The van der Waals surface area contributed by atoms with Gasteiger partial charge in [0.25, 0.3) is 0 Å². The Bertz CT molecular complexity index is 113. The summed E-state index contributed by atoms with van der Waals surface area (Å²) in [6.07, 6.45) is 4.84. The summed E-state index contributed by atoms with van der Waals surface area (Å²) in [6.45, 7) is 5.84. The maximum absolute atomic E-state index is 3.54. The van der Waals surface area contributed by atoms with Gasteiger partial charge in [-0.1, -0.05) is 0 Å². The zero-order valence-electron chi connectivity index (χ0n) is 8.10. The van der Waals surface area contributed by atoms with Gasteiger partial charge in [0.1, 0.15) is 0 Å². The lowest BCUT2D eigenvalue weighted by Gasteiger charge is -2.24. The van der Waals surface area contributed by atoms with Gasteiger partial charge in [0.2, 0.25) is 0 Å². The van der Waals surface area contributed by atoms with E-state index >= 15 is 0 Å². The second-order valence-electron chi connectivity index (χ2n) is 3.48. The highest BCUT2D eigenvalue weighted by atomic mass is 32.2. The fraction of sp³-hybridized carbons (Fsp3) is 1.00. The summed E-state index contributed by atoms with van der Waals surface area (Å²) in [5.74, 6) is 0.904. The molecule has 1 saturated heterocycles. The van der Waals surface area contributed by atoms with Gasteiger partial charge in [-0.25, -0.2) is 0 Å². The molecule has 1 rings (SSSR count). The maximum atomic E-state index is 3.54. The molecule has 0 aliphatic carbocycles. The molecule has 0 saturated carbocycles. The van der Waals surface area contributed by atoms with E-state index in [-0.39, 0.29) is 0 Å². The van der Waals surface area contributed by atoms with Gasteiger partial charge in [-0.15, -0.1) is 11.8 Å². The zero-order valence-corrected chi connectivity index (χ0v) is 8.91. The highest BCUT2D eigenvalue weighted by molar-refractivity contribution is 7.99. The average Bonchev–Trinajstić information content (AvgIpc) is 2.16. The summed E-state index contributed by atoms with van der Waals surface area (Å²) >= 11 is 1.89. The summed E-state index contributed by atoms with van der Waals surface area (Å²) < 4.78 is 0. The van der Waals surface area contributed by atoms with E-state index in [1.807, 2.05) is 11.8 Å². The van der Waals surface area contributed by atoms with Crippen LogP contribution in [0.3, 0.4) is 0 Å². The Morgan fingerprint density at radius 3 is 2.75 bits per heavy atom. The van der Waals surface area contributed by atoms with Crippen molar-refractivity contribution >= 4 is 11.8 Å². The van der Waals surface area contributed by atoms with Crippen molar-refractivity contribution in [1.29, 1.82) is 0 Å². The monoisotopic (exact) mass is 188 g/mol.